The monoisotopic (exact) mass is 300 g/mol. The third-order valence-electron chi connectivity index (χ3n) is 3.17. The van der Waals surface area contributed by atoms with Crippen molar-refractivity contribution in [3.63, 3.8) is 0 Å². The average Bonchev–Trinajstić information content (AvgIpc) is 2.98. The predicted octanol–water partition coefficient (Wildman–Crippen LogP) is 1.92. The first-order valence-electron chi connectivity index (χ1n) is 7.55. The van der Waals surface area contributed by atoms with Crippen molar-refractivity contribution in [1.29, 1.82) is 0 Å². The molecule has 0 spiro atoms. The number of carbonyl (C=O) groups excluding carboxylic acids is 1. The smallest absolute Gasteiger partial charge is 0.224 e. The van der Waals surface area contributed by atoms with E-state index in [4.69, 9.17) is 0 Å². The van der Waals surface area contributed by atoms with Gasteiger partial charge in [-0.05, 0) is 44.5 Å². The molecule has 1 aromatic heterocycles. The topological polar surface area (TPSA) is 58.9 Å². The van der Waals surface area contributed by atoms with Crippen molar-refractivity contribution < 1.29 is 4.79 Å². The fourth-order valence-corrected chi connectivity index (χ4v) is 2.08. The molecule has 1 amide bonds. The molecule has 0 atom stereocenters. The van der Waals surface area contributed by atoms with Gasteiger partial charge in [-0.3, -0.25) is 4.79 Å². The van der Waals surface area contributed by atoms with E-state index in [2.05, 4.69) is 36.5 Å². The van der Waals surface area contributed by atoms with E-state index in [9.17, 15) is 4.79 Å². The number of amides is 1. The highest BCUT2D eigenvalue weighted by Gasteiger charge is 2.08. The first kappa shape index (κ1) is 16.2. The summed E-state index contributed by atoms with van der Waals surface area (Å²) in [6.45, 7) is 7.73. The molecule has 118 valence electrons. The van der Waals surface area contributed by atoms with Gasteiger partial charge >= 0.3 is 0 Å². The Bertz CT molecular complexity index is 582. The lowest BCUT2D eigenvalue weighted by molar-refractivity contribution is -0.120. The fourth-order valence-electron chi connectivity index (χ4n) is 2.08. The highest BCUT2D eigenvalue weighted by Crippen LogP contribution is 2.09. The number of nitrogens with one attached hydrogen (secondary N) is 2. The molecule has 0 saturated carbocycles. The van der Waals surface area contributed by atoms with Crippen molar-refractivity contribution >= 4 is 5.91 Å². The van der Waals surface area contributed by atoms with Gasteiger partial charge in [0.15, 0.2) is 0 Å². The highest BCUT2D eigenvalue weighted by atomic mass is 16.1. The Balaban J connectivity index is 1.77. The quantitative estimate of drug-likeness (QED) is 0.801. The van der Waals surface area contributed by atoms with Crippen LogP contribution in [0.15, 0.2) is 42.7 Å². The lowest BCUT2D eigenvalue weighted by Gasteiger charge is -2.20. The van der Waals surface area contributed by atoms with Gasteiger partial charge in [-0.2, -0.15) is 5.10 Å². The molecule has 5 nitrogen and oxygen atoms in total. The van der Waals surface area contributed by atoms with E-state index in [1.165, 1.54) is 0 Å². The van der Waals surface area contributed by atoms with Gasteiger partial charge in [0.25, 0.3) is 0 Å². The maximum Gasteiger partial charge on any atom is 0.224 e. The standard InChI is InChI=1S/C17H24N4O/c1-17(2,3)19-11-10-18-16(22)13-14-5-7-15(8-6-14)21-12-4-9-20-21/h4-9,12,19H,10-11,13H2,1-3H3,(H,18,22). The molecule has 5 heteroatoms. The molecule has 1 heterocycles. The second kappa shape index (κ2) is 7.22. The molecule has 0 aliphatic heterocycles. The Hall–Kier alpha value is -2.14. The summed E-state index contributed by atoms with van der Waals surface area (Å²) in [6, 6.07) is 9.74. The molecule has 0 saturated heterocycles. The Morgan fingerprint density at radius 1 is 1.18 bits per heavy atom. The van der Waals surface area contributed by atoms with Gasteiger partial charge in [-0.15, -0.1) is 0 Å². The van der Waals surface area contributed by atoms with Crippen LogP contribution in [0.3, 0.4) is 0 Å². The maximum absolute atomic E-state index is 11.9. The molecule has 1 aromatic carbocycles. The summed E-state index contributed by atoms with van der Waals surface area (Å²) in [5.41, 5.74) is 2.06. The number of benzene rings is 1. The minimum Gasteiger partial charge on any atom is -0.355 e. The Kier molecular flexibility index (Phi) is 5.33. The molecular formula is C17H24N4O. The Labute approximate surface area is 131 Å². The van der Waals surface area contributed by atoms with Gasteiger partial charge in [0.1, 0.15) is 0 Å². The summed E-state index contributed by atoms with van der Waals surface area (Å²) in [6.07, 6.45) is 4.03. The van der Waals surface area contributed by atoms with Crippen LogP contribution in [0.2, 0.25) is 0 Å². The third-order valence-corrected chi connectivity index (χ3v) is 3.17. The first-order chi connectivity index (χ1) is 10.4. The number of hydrogen-bond donors (Lipinski definition) is 2. The van der Waals surface area contributed by atoms with Crippen LogP contribution in [0.5, 0.6) is 0 Å². The van der Waals surface area contributed by atoms with Crippen LogP contribution in [0.1, 0.15) is 26.3 Å². The van der Waals surface area contributed by atoms with Crippen molar-refractivity contribution in [2.75, 3.05) is 13.1 Å². The number of rotatable bonds is 6. The van der Waals surface area contributed by atoms with Crippen molar-refractivity contribution in [3.05, 3.63) is 48.3 Å². The van der Waals surface area contributed by atoms with E-state index in [0.29, 0.717) is 13.0 Å². The summed E-state index contributed by atoms with van der Waals surface area (Å²) in [4.78, 5) is 11.9. The zero-order valence-corrected chi connectivity index (χ0v) is 13.5. The molecule has 0 unspecified atom stereocenters. The van der Waals surface area contributed by atoms with Gasteiger partial charge in [-0.25, -0.2) is 4.68 Å². The number of hydrogen-bond acceptors (Lipinski definition) is 3. The van der Waals surface area contributed by atoms with Gasteiger partial charge in [0.2, 0.25) is 5.91 Å². The van der Waals surface area contributed by atoms with E-state index < -0.39 is 0 Å². The lowest BCUT2D eigenvalue weighted by Crippen LogP contribution is -2.41. The zero-order valence-electron chi connectivity index (χ0n) is 13.5. The second-order valence-electron chi connectivity index (χ2n) is 6.32. The van der Waals surface area contributed by atoms with E-state index in [-0.39, 0.29) is 11.4 Å². The minimum absolute atomic E-state index is 0.0440. The van der Waals surface area contributed by atoms with Gasteiger partial charge in [0.05, 0.1) is 12.1 Å². The van der Waals surface area contributed by atoms with E-state index in [1.54, 1.807) is 10.9 Å². The van der Waals surface area contributed by atoms with Crippen molar-refractivity contribution in [2.24, 2.45) is 0 Å². The second-order valence-corrected chi connectivity index (χ2v) is 6.32. The maximum atomic E-state index is 11.9. The molecule has 0 aliphatic carbocycles. The van der Waals surface area contributed by atoms with Crippen LogP contribution in [0.25, 0.3) is 5.69 Å². The summed E-state index contributed by atoms with van der Waals surface area (Å²) >= 11 is 0. The van der Waals surface area contributed by atoms with Crippen molar-refractivity contribution in [1.82, 2.24) is 20.4 Å². The first-order valence-corrected chi connectivity index (χ1v) is 7.55. The van der Waals surface area contributed by atoms with E-state index >= 15 is 0 Å². The van der Waals surface area contributed by atoms with Crippen LogP contribution in [-0.2, 0) is 11.2 Å². The molecule has 2 N–H and O–H groups in total. The molecule has 0 aliphatic rings. The van der Waals surface area contributed by atoms with Crippen molar-refractivity contribution in [3.8, 4) is 5.69 Å². The third kappa shape index (κ3) is 5.33. The Morgan fingerprint density at radius 3 is 2.50 bits per heavy atom. The summed E-state index contributed by atoms with van der Waals surface area (Å²) in [7, 11) is 0. The average molecular weight is 300 g/mol. The SMILES string of the molecule is CC(C)(C)NCCNC(=O)Cc1ccc(-n2cccn2)cc1. The molecule has 0 fully saturated rings. The molecule has 2 rings (SSSR count). The normalized spacial score (nSPS) is 11.4. The van der Waals surface area contributed by atoms with Crippen LogP contribution in [0.4, 0.5) is 0 Å². The lowest BCUT2D eigenvalue weighted by atomic mass is 10.1. The van der Waals surface area contributed by atoms with Gasteiger partial charge in [-0.1, -0.05) is 12.1 Å². The summed E-state index contributed by atoms with van der Waals surface area (Å²) in [5.74, 6) is 0.0440. The molecule has 0 radical (unpaired) electrons. The molecule has 2 aromatic rings. The van der Waals surface area contributed by atoms with Gasteiger partial charge < -0.3 is 10.6 Å². The minimum atomic E-state index is 0.0440. The van der Waals surface area contributed by atoms with Crippen LogP contribution < -0.4 is 10.6 Å². The van der Waals surface area contributed by atoms with Crippen LogP contribution in [-0.4, -0.2) is 34.3 Å². The Morgan fingerprint density at radius 2 is 1.91 bits per heavy atom. The number of carbonyl (C=O) groups is 1. The van der Waals surface area contributed by atoms with Crippen molar-refractivity contribution in [2.45, 2.75) is 32.7 Å². The number of nitrogens with zero attached hydrogens (tertiary/aromatic N) is 2. The molecular weight excluding hydrogens is 276 g/mol. The summed E-state index contributed by atoms with van der Waals surface area (Å²) < 4.78 is 1.79. The van der Waals surface area contributed by atoms with Gasteiger partial charge in [0, 0.05) is 31.0 Å². The van der Waals surface area contributed by atoms with E-state index in [0.717, 1.165) is 17.8 Å². The summed E-state index contributed by atoms with van der Waals surface area (Å²) in [5, 5.41) is 10.4. The van der Waals surface area contributed by atoms with E-state index in [1.807, 2.05) is 36.5 Å². The fraction of sp³-hybridized carbons (Fsp3) is 0.412. The molecule has 0 bridgehead atoms. The zero-order chi connectivity index (χ0) is 16.0. The predicted molar refractivity (Wildman–Crippen MR) is 88.0 cm³/mol. The van der Waals surface area contributed by atoms with Crippen LogP contribution in [0, 0.1) is 0 Å². The molecule has 22 heavy (non-hydrogen) atoms. The number of aromatic nitrogens is 2. The largest absolute Gasteiger partial charge is 0.355 e. The van der Waals surface area contributed by atoms with Crippen LogP contribution >= 0.6 is 0 Å². The highest BCUT2D eigenvalue weighted by molar-refractivity contribution is 5.78.